The van der Waals surface area contributed by atoms with Crippen molar-refractivity contribution in [1.82, 2.24) is 14.9 Å². The van der Waals surface area contributed by atoms with Crippen LogP contribution in [0.25, 0.3) is 0 Å². The second kappa shape index (κ2) is 6.38. The Morgan fingerprint density at radius 3 is 2.79 bits per heavy atom. The van der Waals surface area contributed by atoms with Gasteiger partial charge in [-0.3, -0.25) is 0 Å². The minimum atomic E-state index is 0.244. The van der Waals surface area contributed by atoms with Crippen LogP contribution in [0.4, 0.5) is 0 Å². The van der Waals surface area contributed by atoms with Gasteiger partial charge in [-0.25, -0.2) is 4.98 Å². The van der Waals surface area contributed by atoms with Crippen LogP contribution in [0.5, 0.6) is 5.75 Å². The number of hydrogen-bond donors (Lipinski definition) is 1. The maximum absolute atomic E-state index is 5.42. The number of hydrogen-bond acceptors (Lipinski definition) is 3. The Kier molecular flexibility index (Phi) is 4.58. The lowest BCUT2D eigenvalue weighted by atomic mass is 10.0. The molecule has 1 aromatic heterocycles. The summed E-state index contributed by atoms with van der Waals surface area (Å²) in [5.41, 5.74) is 2.39. The van der Waals surface area contributed by atoms with Gasteiger partial charge in [-0.05, 0) is 24.6 Å². The molecular formula is C15H21N3O. The van der Waals surface area contributed by atoms with E-state index in [-0.39, 0.29) is 6.04 Å². The highest BCUT2D eigenvalue weighted by atomic mass is 16.5. The third-order valence-corrected chi connectivity index (χ3v) is 3.28. The van der Waals surface area contributed by atoms with E-state index >= 15 is 0 Å². The van der Waals surface area contributed by atoms with Crippen LogP contribution in [0.3, 0.4) is 0 Å². The molecule has 0 amide bonds. The van der Waals surface area contributed by atoms with E-state index in [9.17, 15) is 0 Å². The molecule has 1 heterocycles. The van der Waals surface area contributed by atoms with Crippen molar-refractivity contribution in [3.05, 3.63) is 48.0 Å². The fraction of sp³-hybridized carbons (Fsp3) is 0.400. The lowest BCUT2D eigenvalue weighted by Crippen LogP contribution is -2.25. The molecule has 0 aliphatic carbocycles. The van der Waals surface area contributed by atoms with E-state index in [2.05, 4.69) is 27.9 Å². The Balaban J connectivity index is 2.24. The first-order valence-corrected chi connectivity index (χ1v) is 6.57. The molecule has 2 aromatic rings. The normalized spacial score (nSPS) is 12.4. The molecule has 0 spiro atoms. The summed E-state index contributed by atoms with van der Waals surface area (Å²) in [7, 11) is 3.74. The lowest BCUT2D eigenvalue weighted by Gasteiger charge is -2.19. The molecule has 2 rings (SSSR count). The summed E-state index contributed by atoms with van der Waals surface area (Å²) >= 11 is 0. The third kappa shape index (κ3) is 3.15. The zero-order chi connectivity index (χ0) is 13.7. The number of imidazole rings is 1. The molecule has 4 nitrogen and oxygen atoms in total. The second-order valence-corrected chi connectivity index (χ2v) is 4.56. The summed E-state index contributed by atoms with van der Waals surface area (Å²) in [6, 6.07) is 8.40. The van der Waals surface area contributed by atoms with Crippen LogP contribution in [0.15, 0.2) is 36.8 Å². The van der Waals surface area contributed by atoms with E-state index in [1.165, 1.54) is 11.3 Å². The first-order valence-electron chi connectivity index (χ1n) is 6.57. The highest BCUT2D eigenvalue weighted by Gasteiger charge is 2.16. The number of nitrogens with one attached hydrogen (secondary N) is 1. The fourth-order valence-electron chi connectivity index (χ4n) is 2.32. The van der Waals surface area contributed by atoms with Gasteiger partial charge in [0.05, 0.1) is 25.2 Å². The summed E-state index contributed by atoms with van der Waals surface area (Å²) in [5, 5.41) is 3.51. The summed E-state index contributed by atoms with van der Waals surface area (Å²) in [4.78, 5) is 4.20. The van der Waals surface area contributed by atoms with Crippen LogP contribution in [-0.2, 0) is 13.5 Å². The maximum atomic E-state index is 5.42. The minimum Gasteiger partial charge on any atom is -0.496 e. The van der Waals surface area contributed by atoms with Gasteiger partial charge in [0.15, 0.2) is 0 Å². The number of para-hydroxylation sites is 1. The molecule has 1 unspecified atom stereocenters. The van der Waals surface area contributed by atoms with Crippen LogP contribution in [0.2, 0.25) is 0 Å². The molecular weight excluding hydrogens is 238 g/mol. The SMILES string of the molecule is CCNC(Cc1ccccc1OC)c1cncn1C. The quantitative estimate of drug-likeness (QED) is 0.865. The summed E-state index contributed by atoms with van der Waals surface area (Å²) < 4.78 is 7.48. The van der Waals surface area contributed by atoms with Crippen molar-refractivity contribution in [2.45, 2.75) is 19.4 Å². The second-order valence-electron chi connectivity index (χ2n) is 4.56. The molecule has 0 bridgehead atoms. The van der Waals surface area contributed by atoms with Crippen LogP contribution >= 0.6 is 0 Å². The molecule has 0 fully saturated rings. The number of nitrogens with zero attached hydrogens (tertiary/aromatic N) is 2. The number of aromatic nitrogens is 2. The minimum absolute atomic E-state index is 0.244. The van der Waals surface area contributed by atoms with Gasteiger partial charge in [0.25, 0.3) is 0 Å². The van der Waals surface area contributed by atoms with Crippen LogP contribution in [-0.4, -0.2) is 23.2 Å². The van der Waals surface area contributed by atoms with Gasteiger partial charge in [-0.1, -0.05) is 25.1 Å². The molecule has 0 saturated heterocycles. The van der Waals surface area contributed by atoms with E-state index in [4.69, 9.17) is 4.74 Å². The van der Waals surface area contributed by atoms with Gasteiger partial charge in [0, 0.05) is 13.2 Å². The van der Waals surface area contributed by atoms with Crippen LogP contribution in [0.1, 0.15) is 24.2 Å². The average molecular weight is 259 g/mol. The molecule has 0 radical (unpaired) electrons. The highest BCUT2D eigenvalue weighted by Crippen LogP contribution is 2.24. The smallest absolute Gasteiger partial charge is 0.122 e. The molecule has 1 N–H and O–H groups in total. The molecule has 0 aliphatic heterocycles. The Bertz CT molecular complexity index is 522. The predicted molar refractivity (Wildman–Crippen MR) is 76.3 cm³/mol. The molecule has 0 aliphatic rings. The zero-order valence-electron chi connectivity index (χ0n) is 11.8. The predicted octanol–water partition coefficient (Wildman–Crippen LogP) is 2.32. The van der Waals surface area contributed by atoms with Crippen molar-refractivity contribution >= 4 is 0 Å². The maximum Gasteiger partial charge on any atom is 0.122 e. The summed E-state index contributed by atoms with van der Waals surface area (Å²) in [6.07, 6.45) is 4.64. The van der Waals surface area contributed by atoms with Gasteiger partial charge in [0.2, 0.25) is 0 Å². The number of aryl methyl sites for hydroxylation is 1. The van der Waals surface area contributed by atoms with Crippen molar-refractivity contribution < 1.29 is 4.74 Å². The first kappa shape index (κ1) is 13.6. The Morgan fingerprint density at radius 1 is 1.37 bits per heavy atom. The first-order chi connectivity index (χ1) is 9.26. The molecule has 102 valence electrons. The number of ether oxygens (including phenoxy) is 1. The molecule has 19 heavy (non-hydrogen) atoms. The van der Waals surface area contributed by atoms with Crippen molar-refractivity contribution in [1.29, 1.82) is 0 Å². The molecule has 1 atom stereocenters. The van der Waals surface area contributed by atoms with Crippen molar-refractivity contribution in [2.24, 2.45) is 7.05 Å². The van der Waals surface area contributed by atoms with E-state index in [0.29, 0.717) is 0 Å². The Labute approximate surface area is 114 Å². The van der Waals surface area contributed by atoms with Gasteiger partial charge in [0.1, 0.15) is 5.75 Å². The summed E-state index contributed by atoms with van der Waals surface area (Å²) in [5.74, 6) is 0.938. The van der Waals surface area contributed by atoms with Gasteiger partial charge >= 0.3 is 0 Å². The highest BCUT2D eigenvalue weighted by molar-refractivity contribution is 5.34. The standard InChI is InChI=1S/C15H21N3O/c1-4-17-13(14-10-16-11-18(14)2)9-12-7-5-6-8-15(12)19-3/h5-8,10-11,13,17H,4,9H2,1-3H3. The molecule has 0 saturated carbocycles. The van der Waals surface area contributed by atoms with E-state index in [0.717, 1.165) is 18.7 Å². The lowest BCUT2D eigenvalue weighted by molar-refractivity contribution is 0.404. The van der Waals surface area contributed by atoms with Gasteiger partial charge in [-0.2, -0.15) is 0 Å². The van der Waals surface area contributed by atoms with Crippen molar-refractivity contribution in [2.75, 3.05) is 13.7 Å². The zero-order valence-corrected chi connectivity index (χ0v) is 11.8. The molecule has 1 aromatic carbocycles. The largest absolute Gasteiger partial charge is 0.496 e. The Hall–Kier alpha value is -1.81. The van der Waals surface area contributed by atoms with E-state index < -0.39 is 0 Å². The topological polar surface area (TPSA) is 39.1 Å². The van der Waals surface area contributed by atoms with Gasteiger partial charge < -0.3 is 14.6 Å². The fourth-order valence-corrected chi connectivity index (χ4v) is 2.32. The van der Waals surface area contributed by atoms with E-state index in [1.807, 2.05) is 37.8 Å². The van der Waals surface area contributed by atoms with Crippen LogP contribution in [0, 0.1) is 0 Å². The molecule has 4 heteroatoms. The van der Waals surface area contributed by atoms with Crippen molar-refractivity contribution in [3.8, 4) is 5.75 Å². The number of rotatable bonds is 6. The number of methoxy groups -OCH3 is 1. The third-order valence-electron chi connectivity index (χ3n) is 3.28. The number of benzene rings is 1. The number of likely N-dealkylation sites (N-methyl/N-ethyl adjacent to an activating group) is 1. The van der Waals surface area contributed by atoms with Crippen LogP contribution < -0.4 is 10.1 Å². The van der Waals surface area contributed by atoms with Gasteiger partial charge in [-0.15, -0.1) is 0 Å². The van der Waals surface area contributed by atoms with E-state index in [1.54, 1.807) is 7.11 Å². The Morgan fingerprint density at radius 2 is 2.16 bits per heavy atom. The average Bonchev–Trinajstić information content (AvgIpc) is 2.85. The summed E-state index contributed by atoms with van der Waals surface area (Å²) in [6.45, 7) is 3.04. The van der Waals surface area contributed by atoms with Crippen molar-refractivity contribution in [3.63, 3.8) is 0 Å². The monoisotopic (exact) mass is 259 g/mol.